The van der Waals surface area contributed by atoms with Gasteiger partial charge >= 0.3 is 7.82 Å². The standard InChI is InChI=1S/C68H71O4P/c1-37-21-41(5)61(42(6)22-37)53-29-51(30-54(33-53)62-43(7)23-38(2)24-44(62)8)59-35-49-17-13-15-19-57(49)65-66-58-20-16-14-18-50(58)36-60(68(66)72-73(69,70)71-67(59)65)52-31-55(63-45(9)25-39(3)26-46(63)10)34-56(32-52)64-47(11)27-40(4)28-48(64)12/h21-27,29-36,48H,13-20,28H2,1-12H3,(H,69,70). The van der Waals surface area contributed by atoms with Gasteiger partial charge in [0.05, 0.1) is 0 Å². The van der Waals surface area contributed by atoms with Crippen molar-refractivity contribution in [2.24, 2.45) is 5.92 Å². The first-order valence-corrected chi connectivity index (χ1v) is 28.4. The van der Waals surface area contributed by atoms with Crippen LogP contribution in [0.2, 0.25) is 0 Å². The Morgan fingerprint density at radius 1 is 0.438 bits per heavy atom. The van der Waals surface area contributed by atoms with Gasteiger partial charge in [0.25, 0.3) is 0 Å². The van der Waals surface area contributed by atoms with E-state index in [1.807, 2.05) is 0 Å². The molecule has 4 nitrogen and oxygen atoms in total. The molecule has 0 fully saturated rings. The van der Waals surface area contributed by atoms with Crippen molar-refractivity contribution in [1.82, 2.24) is 0 Å². The second kappa shape index (κ2) is 18.6. The summed E-state index contributed by atoms with van der Waals surface area (Å²) in [7, 11) is -4.82. The summed E-state index contributed by atoms with van der Waals surface area (Å²) in [6.07, 6.45) is 11.1. The minimum absolute atomic E-state index is 0.324. The Morgan fingerprint density at radius 2 is 0.781 bits per heavy atom. The van der Waals surface area contributed by atoms with Crippen LogP contribution in [0.5, 0.6) is 11.5 Å². The van der Waals surface area contributed by atoms with Gasteiger partial charge in [-0.3, -0.25) is 4.89 Å². The van der Waals surface area contributed by atoms with Gasteiger partial charge in [0, 0.05) is 22.3 Å². The minimum atomic E-state index is -4.82. The van der Waals surface area contributed by atoms with E-state index in [1.54, 1.807) is 0 Å². The van der Waals surface area contributed by atoms with Crippen molar-refractivity contribution in [3.05, 3.63) is 180 Å². The maximum Gasteiger partial charge on any atom is 0.584 e. The zero-order valence-electron chi connectivity index (χ0n) is 45.2. The summed E-state index contributed by atoms with van der Waals surface area (Å²) in [4.78, 5) is 12.4. The summed E-state index contributed by atoms with van der Waals surface area (Å²) in [5.41, 5.74) is 33.7. The molecule has 7 aromatic rings. The molecular formula is C68H71O4P. The van der Waals surface area contributed by atoms with E-state index < -0.39 is 7.82 Å². The number of rotatable bonds is 6. The third-order valence-corrected chi connectivity index (χ3v) is 17.4. The van der Waals surface area contributed by atoms with Crippen molar-refractivity contribution in [1.29, 1.82) is 0 Å². The van der Waals surface area contributed by atoms with E-state index in [2.05, 4.69) is 174 Å². The van der Waals surface area contributed by atoms with Crippen LogP contribution in [-0.4, -0.2) is 4.89 Å². The Morgan fingerprint density at radius 3 is 1.16 bits per heavy atom. The number of allylic oxidation sites excluding steroid dienone is 4. The van der Waals surface area contributed by atoms with Gasteiger partial charge in [-0.05, 0) is 305 Å². The van der Waals surface area contributed by atoms with Crippen molar-refractivity contribution in [2.45, 2.75) is 141 Å². The molecule has 1 N–H and O–H groups in total. The molecule has 4 aliphatic rings. The highest BCUT2D eigenvalue weighted by molar-refractivity contribution is 7.48. The van der Waals surface area contributed by atoms with E-state index in [9.17, 15) is 4.89 Å². The molecule has 1 aliphatic heterocycles. The van der Waals surface area contributed by atoms with Crippen LogP contribution >= 0.6 is 7.82 Å². The van der Waals surface area contributed by atoms with Gasteiger partial charge in [-0.15, -0.1) is 0 Å². The molecule has 7 aromatic carbocycles. The molecule has 1 heterocycles. The first-order valence-electron chi connectivity index (χ1n) is 26.9. The van der Waals surface area contributed by atoms with Crippen LogP contribution in [-0.2, 0) is 30.2 Å². The Kier molecular flexibility index (Phi) is 12.5. The Bertz CT molecular complexity index is 3470. The van der Waals surface area contributed by atoms with Crippen LogP contribution in [0.3, 0.4) is 0 Å². The van der Waals surface area contributed by atoms with Gasteiger partial charge in [-0.2, -0.15) is 0 Å². The van der Waals surface area contributed by atoms with Crippen LogP contribution in [0.25, 0.3) is 72.3 Å². The van der Waals surface area contributed by atoms with Crippen molar-refractivity contribution in [3.63, 3.8) is 0 Å². The number of benzene rings is 7. The van der Waals surface area contributed by atoms with Gasteiger partial charge in [0.2, 0.25) is 0 Å². The summed E-state index contributed by atoms with van der Waals surface area (Å²) >= 11 is 0. The lowest BCUT2D eigenvalue weighted by Crippen LogP contribution is -2.10. The van der Waals surface area contributed by atoms with E-state index in [-0.39, 0.29) is 0 Å². The molecule has 0 bridgehead atoms. The maximum atomic E-state index is 15.2. The third kappa shape index (κ3) is 8.87. The first-order chi connectivity index (χ1) is 34.8. The molecule has 5 heteroatoms. The van der Waals surface area contributed by atoms with E-state index in [0.29, 0.717) is 17.4 Å². The lowest BCUT2D eigenvalue weighted by atomic mass is 9.76. The molecule has 0 amide bonds. The van der Waals surface area contributed by atoms with Gasteiger partial charge < -0.3 is 9.05 Å². The SMILES string of the molecule is CC1=CC(C)=C(c2cc(-c3cc4c(c5c3OP(=O)(O)Oc3c(-c6cc(-c7c(C)cc(C)cc7C)cc(-c7c(C)cc(C)cc7C)c6)cc6c(c3-5)CCCC6)CCCC4)cc(-c3c(C)cc(C)cc3C)c2)C(C)C1. The number of hydrogen-bond donors (Lipinski definition) is 1. The quantitative estimate of drug-likeness (QED) is 0.169. The average Bonchev–Trinajstić information content (AvgIpc) is 3.43. The largest absolute Gasteiger partial charge is 0.584 e. The van der Waals surface area contributed by atoms with Gasteiger partial charge in [0.1, 0.15) is 11.5 Å². The summed E-state index contributed by atoms with van der Waals surface area (Å²) in [5, 5.41) is 0. The fourth-order valence-electron chi connectivity index (χ4n) is 14.2. The molecule has 0 aromatic heterocycles. The van der Waals surface area contributed by atoms with Crippen LogP contribution in [0.1, 0.15) is 131 Å². The molecule has 73 heavy (non-hydrogen) atoms. The van der Waals surface area contributed by atoms with E-state index in [1.165, 1.54) is 111 Å². The van der Waals surface area contributed by atoms with Crippen molar-refractivity contribution >= 4 is 13.4 Å². The number of fused-ring (bicyclic) bond motifs is 7. The second-order valence-corrected chi connectivity index (χ2v) is 24.0. The number of hydrogen-bond acceptors (Lipinski definition) is 3. The van der Waals surface area contributed by atoms with E-state index in [0.717, 1.165) is 108 Å². The molecule has 0 spiro atoms. The van der Waals surface area contributed by atoms with Crippen molar-refractivity contribution in [2.75, 3.05) is 0 Å². The summed E-state index contributed by atoms with van der Waals surface area (Å²) < 4.78 is 28.7. The second-order valence-electron chi connectivity index (χ2n) is 22.7. The highest BCUT2D eigenvalue weighted by Crippen LogP contribution is 2.62. The molecule has 0 radical (unpaired) electrons. The smallest absolute Gasteiger partial charge is 0.394 e. The Labute approximate surface area is 434 Å². The fourth-order valence-corrected chi connectivity index (χ4v) is 15.1. The Hall–Kier alpha value is -6.19. The summed E-state index contributed by atoms with van der Waals surface area (Å²) in [6.45, 7) is 26.6. The number of phosphoric acid groups is 1. The molecule has 11 rings (SSSR count). The predicted octanol–water partition coefficient (Wildman–Crippen LogP) is 18.9. The molecule has 2 atom stereocenters. The predicted molar refractivity (Wildman–Crippen MR) is 306 cm³/mol. The molecule has 372 valence electrons. The number of phosphoric ester groups is 1. The molecule has 0 saturated heterocycles. The van der Waals surface area contributed by atoms with E-state index in [4.69, 9.17) is 9.05 Å². The van der Waals surface area contributed by atoms with Crippen molar-refractivity contribution in [3.8, 4) is 78.3 Å². The lowest BCUT2D eigenvalue weighted by Gasteiger charge is -2.28. The zero-order valence-corrected chi connectivity index (χ0v) is 46.1. The molecular weight excluding hydrogens is 912 g/mol. The number of aryl methyl sites for hydroxylation is 11. The highest BCUT2D eigenvalue weighted by Gasteiger charge is 2.40. The van der Waals surface area contributed by atoms with Crippen molar-refractivity contribution < 1.29 is 18.5 Å². The molecule has 3 aliphatic carbocycles. The van der Waals surface area contributed by atoms with Crippen LogP contribution < -0.4 is 9.05 Å². The zero-order chi connectivity index (χ0) is 51.4. The van der Waals surface area contributed by atoms with Gasteiger partial charge in [0.15, 0.2) is 0 Å². The topological polar surface area (TPSA) is 55.8 Å². The highest BCUT2D eigenvalue weighted by atomic mass is 31.2. The van der Waals surface area contributed by atoms with Gasteiger partial charge in [-0.1, -0.05) is 71.7 Å². The summed E-state index contributed by atoms with van der Waals surface area (Å²) in [5.74, 6) is 1.23. The molecule has 0 saturated carbocycles. The van der Waals surface area contributed by atoms with Crippen LogP contribution in [0.15, 0.2) is 102 Å². The van der Waals surface area contributed by atoms with Crippen LogP contribution in [0, 0.1) is 68.2 Å². The maximum absolute atomic E-state index is 15.2. The Balaban J connectivity index is 1.24. The molecule has 2 unspecified atom stereocenters. The minimum Gasteiger partial charge on any atom is -0.394 e. The monoisotopic (exact) mass is 983 g/mol. The first kappa shape index (κ1) is 49.0. The fraction of sp³-hybridized carbons (Fsp3) is 0.324. The third-order valence-electron chi connectivity index (χ3n) is 16.6. The van der Waals surface area contributed by atoms with Crippen LogP contribution in [0.4, 0.5) is 0 Å². The lowest BCUT2D eigenvalue weighted by molar-refractivity contribution is 0.295. The average molecular weight is 983 g/mol. The summed E-state index contributed by atoms with van der Waals surface area (Å²) in [6, 6.07) is 32.2. The van der Waals surface area contributed by atoms with E-state index >= 15 is 4.57 Å². The normalized spacial score (nSPS) is 18.2. The van der Waals surface area contributed by atoms with Gasteiger partial charge in [-0.25, -0.2) is 4.57 Å².